The van der Waals surface area contributed by atoms with Crippen LogP contribution in [0.3, 0.4) is 0 Å². The van der Waals surface area contributed by atoms with Crippen molar-refractivity contribution < 1.29 is 8.42 Å². The first kappa shape index (κ1) is 17.2. The molecule has 0 aliphatic rings. The fourth-order valence-corrected chi connectivity index (χ4v) is 2.87. The van der Waals surface area contributed by atoms with E-state index >= 15 is 0 Å². The highest BCUT2D eigenvalue weighted by Crippen LogP contribution is 2.15. The Hall–Kier alpha value is -0.880. The molecule has 0 amide bonds. The molecule has 0 spiro atoms. The molecule has 1 rings (SSSR count). The van der Waals surface area contributed by atoms with Crippen molar-refractivity contribution >= 4 is 9.84 Å². The summed E-state index contributed by atoms with van der Waals surface area (Å²) >= 11 is 0. The molecule has 0 fully saturated rings. The average molecular weight is 301 g/mol. The highest BCUT2D eigenvalue weighted by atomic mass is 32.2. The van der Waals surface area contributed by atoms with Crippen molar-refractivity contribution in [3.8, 4) is 0 Å². The van der Waals surface area contributed by atoms with E-state index in [2.05, 4.69) is 24.3 Å². The van der Waals surface area contributed by atoms with Gasteiger partial charge in [-0.2, -0.15) is 5.10 Å². The predicted molar refractivity (Wildman–Crippen MR) is 82.5 cm³/mol. The summed E-state index contributed by atoms with van der Waals surface area (Å²) in [5, 5.41) is 7.41. The molecule has 116 valence electrons. The van der Waals surface area contributed by atoms with Gasteiger partial charge < -0.3 is 5.32 Å². The van der Waals surface area contributed by atoms with Crippen molar-refractivity contribution in [2.24, 2.45) is 0 Å². The van der Waals surface area contributed by atoms with Gasteiger partial charge in [0.25, 0.3) is 0 Å². The van der Waals surface area contributed by atoms with E-state index in [0.29, 0.717) is 12.6 Å². The van der Waals surface area contributed by atoms with Crippen molar-refractivity contribution in [2.45, 2.75) is 58.4 Å². The van der Waals surface area contributed by atoms with Crippen LogP contribution in [0.2, 0.25) is 0 Å². The molecule has 1 N–H and O–H groups in total. The van der Waals surface area contributed by atoms with Crippen LogP contribution in [0.5, 0.6) is 0 Å². The van der Waals surface area contributed by atoms with Crippen LogP contribution < -0.4 is 5.32 Å². The Morgan fingerprint density at radius 1 is 1.35 bits per heavy atom. The lowest BCUT2D eigenvalue weighted by Gasteiger charge is -2.14. The predicted octanol–water partition coefficient (Wildman–Crippen LogP) is 2.16. The fourth-order valence-electron chi connectivity index (χ4n) is 1.95. The second kappa shape index (κ2) is 7.78. The number of hydrogen-bond donors (Lipinski definition) is 1. The van der Waals surface area contributed by atoms with Crippen molar-refractivity contribution in [3.05, 3.63) is 18.0 Å². The number of aromatic nitrogens is 2. The minimum Gasteiger partial charge on any atom is -0.310 e. The molecule has 1 aromatic rings. The normalized spacial score (nSPS) is 13.8. The topological polar surface area (TPSA) is 64.0 Å². The lowest BCUT2D eigenvalue weighted by atomic mass is 10.1. The zero-order valence-corrected chi connectivity index (χ0v) is 13.8. The number of nitrogens with zero attached hydrogens (tertiary/aromatic N) is 2. The number of hydrogen-bond acceptors (Lipinski definition) is 4. The van der Waals surface area contributed by atoms with Crippen LogP contribution in [0.25, 0.3) is 0 Å². The van der Waals surface area contributed by atoms with Gasteiger partial charge in [-0.1, -0.05) is 13.8 Å². The molecule has 0 aliphatic carbocycles. The van der Waals surface area contributed by atoms with Crippen molar-refractivity contribution in [3.63, 3.8) is 0 Å². The molecule has 20 heavy (non-hydrogen) atoms. The molecular weight excluding hydrogens is 274 g/mol. The quantitative estimate of drug-likeness (QED) is 0.759. The SMILES string of the molecule is CCCNC(CC)c1cnn(CCS(=O)(=O)C(C)C)c1. The summed E-state index contributed by atoms with van der Waals surface area (Å²) in [7, 11) is -3.00. The van der Waals surface area contributed by atoms with Gasteiger partial charge in [0, 0.05) is 17.8 Å². The molecule has 1 unspecified atom stereocenters. The van der Waals surface area contributed by atoms with Gasteiger partial charge in [-0.05, 0) is 33.2 Å². The first-order valence-corrected chi connectivity index (χ1v) is 9.09. The molecule has 0 saturated carbocycles. The smallest absolute Gasteiger partial charge is 0.154 e. The molecule has 1 aromatic heterocycles. The summed E-state index contributed by atoms with van der Waals surface area (Å²) in [6.45, 7) is 9.10. The molecule has 6 heteroatoms. The van der Waals surface area contributed by atoms with E-state index < -0.39 is 9.84 Å². The van der Waals surface area contributed by atoms with E-state index in [4.69, 9.17) is 0 Å². The Bertz CT molecular complexity index is 494. The molecule has 0 radical (unpaired) electrons. The van der Waals surface area contributed by atoms with Crippen LogP contribution in [0.4, 0.5) is 0 Å². The summed E-state index contributed by atoms with van der Waals surface area (Å²) in [6, 6.07) is 0.297. The van der Waals surface area contributed by atoms with E-state index in [1.165, 1.54) is 0 Å². The second-order valence-electron chi connectivity index (χ2n) is 5.37. The second-order valence-corrected chi connectivity index (χ2v) is 8.04. The van der Waals surface area contributed by atoms with E-state index in [0.717, 1.165) is 24.9 Å². The summed E-state index contributed by atoms with van der Waals surface area (Å²) in [5.41, 5.74) is 1.13. The lowest BCUT2D eigenvalue weighted by Crippen LogP contribution is -2.22. The maximum atomic E-state index is 11.8. The number of nitrogens with one attached hydrogen (secondary N) is 1. The zero-order chi connectivity index (χ0) is 15.2. The third-order valence-corrected chi connectivity index (χ3v) is 5.62. The molecule has 0 aromatic carbocycles. The van der Waals surface area contributed by atoms with Gasteiger partial charge in [0.15, 0.2) is 9.84 Å². The van der Waals surface area contributed by atoms with Crippen LogP contribution in [0.15, 0.2) is 12.4 Å². The first-order valence-electron chi connectivity index (χ1n) is 7.38. The number of aryl methyl sites for hydroxylation is 1. The molecule has 0 aliphatic heterocycles. The van der Waals surface area contributed by atoms with Crippen LogP contribution >= 0.6 is 0 Å². The van der Waals surface area contributed by atoms with Gasteiger partial charge in [-0.15, -0.1) is 0 Å². The van der Waals surface area contributed by atoms with Gasteiger partial charge >= 0.3 is 0 Å². The maximum absolute atomic E-state index is 11.8. The number of sulfone groups is 1. The summed E-state index contributed by atoms with van der Waals surface area (Å²) in [5.74, 6) is 0.144. The largest absolute Gasteiger partial charge is 0.310 e. The first-order chi connectivity index (χ1) is 9.40. The Balaban J connectivity index is 2.63. The van der Waals surface area contributed by atoms with Gasteiger partial charge in [0.2, 0.25) is 0 Å². The molecule has 1 atom stereocenters. The maximum Gasteiger partial charge on any atom is 0.154 e. The van der Waals surface area contributed by atoms with Gasteiger partial charge in [-0.25, -0.2) is 8.42 Å². The third-order valence-electron chi connectivity index (χ3n) is 3.43. The van der Waals surface area contributed by atoms with Gasteiger partial charge in [0.1, 0.15) is 0 Å². The highest BCUT2D eigenvalue weighted by molar-refractivity contribution is 7.91. The Morgan fingerprint density at radius 2 is 2.05 bits per heavy atom. The lowest BCUT2D eigenvalue weighted by molar-refractivity contribution is 0.517. The van der Waals surface area contributed by atoms with Crippen molar-refractivity contribution in [1.29, 1.82) is 0 Å². The zero-order valence-electron chi connectivity index (χ0n) is 13.0. The molecule has 0 bridgehead atoms. The van der Waals surface area contributed by atoms with Crippen molar-refractivity contribution in [2.75, 3.05) is 12.3 Å². The monoisotopic (exact) mass is 301 g/mol. The van der Waals surface area contributed by atoms with Gasteiger partial charge in [-0.3, -0.25) is 4.68 Å². The van der Waals surface area contributed by atoms with E-state index in [1.807, 2.05) is 12.4 Å². The van der Waals surface area contributed by atoms with Crippen LogP contribution in [0, 0.1) is 0 Å². The minimum absolute atomic E-state index is 0.144. The average Bonchev–Trinajstić information content (AvgIpc) is 2.86. The minimum atomic E-state index is -3.00. The molecule has 0 saturated heterocycles. The van der Waals surface area contributed by atoms with Crippen molar-refractivity contribution in [1.82, 2.24) is 15.1 Å². The Labute approximate surface area is 122 Å². The summed E-state index contributed by atoms with van der Waals surface area (Å²) < 4.78 is 25.3. The standard InChI is InChI=1S/C14H27N3O2S/c1-5-7-15-14(6-2)13-10-16-17(11-13)8-9-20(18,19)12(3)4/h10-12,14-15H,5-9H2,1-4H3. The van der Waals surface area contributed by atoms with Gasteiger partial charge in [0.05, 0.1) is 23.7 Å². The molecular formula is C14H27N3O2S. The van der Waals surface area contributed by atoms with E-state index in [-0.39, 0.29) is 11.0 Å². The van der Waals surface area contributed by atoms with Crippen LogP contribution in [-0.4, -0.2) is 35.7 Å². The highest BCUT2D eigenvalue weighted by Gasteiger charge is 2.16. The third kappa shape index (κ3) is 4.90. The number of rotatable bonds is 9. The van der Waals surface area contributed by atoms with Crippen LogP contribution in [-0.2, 0) is 16.4 Å². The van der Waals surface area contributed by atoms with E-state index in [9.17, 15) is 8.42 Å². The summed E-state index contributed by atoms with van der Waals surface area (Å²) in [4.78, 5) is 0. The Morgan fingerprint density at radius 3 is 2.60 bits per heavy atom. The fraction of sp³-hybridized carbons (Fsp3) is 0.786. The summed E-state index contributed by atoms with van der Waals surface area (Å²) in [6.07, 6.45) is 5.87. The molecule has 5 nitrogen and oxygen atoms in total. The van der Waals surface area contributed by atoms with E-state index in [1.54, 1.807) is 18.5 Å². The molecule has 1 heterocycles. The van der Waals surface area contributed by atoms with Crippen LogP contribution in [0.1, 0.15) is 52.1 Å². The Kier molecular flexibility index (Phi) is 6.68.